The summed E-state index contributed by atoms with van der Waals surface area (Å²) >= 11 is 0. The van der Waals surface area contributed by atoms with E-state index in [0.29, 0.717) is 6.54 Å². The highest BCUT2D eigenvalue weighted by molar-refractivity contribution is 7.85. The Bertz CT molecular complexity index is 446. The summed E-state index contributed by atoms with van der Waals surface area (Å²) in [5, 5.41) is 11.8. The van der Waals surface area contributed by atoms with E-state index < -0.39 is 15.7 Å². The van der Waals surface area contributed by atoms with Gasteiger partial charge in [0.1, 0.15) is 0 Å². The third kappa shape index (κ3) is 8.19. The van der Waals surface area contributed by atoms with Crippen LogP contribution in [0.4, 0.5) is 0 Å². The van der Waals surface area contributed by atoms with E-state index in [1.54, 1.807) is 26.0 Å². The molecule has 104 valence electrons. The number of nitrogens with one attached hydrogen (secondary N) is 1. The molecule has 0 aromatic heterocycles. The number of rotatable bonds is 3. The monoisotopic (exact) mass is 275 g/mol. The molecule has 0 aliphatic heterocycles. The Labute approximate surface area is 109 Å². The first-order valence-corrected chi connectivity index (χ1v) is 6.91. The topological polar surface area (TPSA) is 86.6 Å². The standard InChI is InChI=1S/C7H8O3S.C5H13NO/c1-6-2-4-7(5-3-6)11(8,9)10;1-5(2,7)4-6-3/h2-5H,1H3,(H,8,9,10);6-7H,4H2,1-3H3. The van der Waals surface area contributed by atoms with Gasteiger partial charge in [-0.15, -0.1) is 0 Å². The van der Waals surface area contributed by atoms with E-state index in [1.165, 1.54) is 12.1 Å². The summed E-state index contributed by atoms with van der Waals surface area (Å²) in [5.41, 5.74) is 0.395. The molecule has 0 spiro atoms. The zero-order chi connectivity index (χ0) is 14.4. The molecule has 0 bridgehead atoms. The van der Waals surface area contributed by atoms with Crippen molar-refractivity contribution in [2.24, 2.45) is 0 Å². The quantitative estimate of drug-likeness (QED) is 0.722. The SMILES string of the molecule is CNCC(C)(C)O.Cc1ccc(S(=O)(=O)O)cc1. The maximum Gasteiger partial charge on any atom is 0.294 e. The largest absolute Gasteiger partial charge is 0.389 e. The van der Waals surface area contributed by atoms with Crippen molar-refractivity contribution in [1.82, 2.24) is 5.32 Å². The summed E-state index contributed by atoms with van der Waals surface area (Å²) in [7, 11) is -2.20. The van der Waals surface area contributed by atoms with Crippen LogP contribution in [0, 0.1) is 6.92 Å². The predicted molar refractivity (Wildman–Crippen MR) is 71.2 cm³/mol. The molecule has 1 rings (SSSR count). The van der Waals surface area contributed by atoms with Crippen LogP contribution in [-0.2, 0) is 10.1 Å². The number of benzene rings is 1. The van der Waals surface area contributed by atoms with Gasteiger partial charge in [0.05, 0.1) is 10.5 Å². The fourth-order valence-corrected chi connectivity index (χ4v) is 1.62. The van der Waals surface area contributed by atoms with Crippen LogP contribution in [0.5, 0.6) is 0 Å². The third-order valence-corrected chi connectivity index (χ3v) is 2.80. The van der Waals surface area contributed by atoms with Gasteiger partial charge < -0.3 is 10.4 Å². The smallest absolute Gasteiger partial charge is 0.294 e. The lowest BCUT2D eigenvalue weighted by Crippen LogP contribution is -2.32. The zero-order valence-corrected chi connectivity index (χ0v) is 12.0. The fraction of sp³-hybridized carbons (Fsp3) is 0.500. The fourth-order valence-electron chi connectivity index (χ4n) is 1.14. The predicted octanol–water partition coefficient (Wildman–Crippen LogP) is 1.22. The van der Waals surface area contributed by atoms with Crippen LogP contribution >= 0.6 is 0 Å². The lowest BCUT2D eigenvalue weighted by molar-refractivity contribution is 0.0821. The number of hydrogen-bond donors (Lipinski definition) is 3. The molecule has 0 atom stereocenters. The minimum absolute atomic E-state index is 0.0666. The first kappa shape index (κ1) is 17.1. The molecule has 0 radical (unpaired) electrons. The van der Waals surface area contributed by atoms with Crippen molar-refractivity contribution < 1.29 is 18.1 Å². The van der Waals surface area contributed by atoms with E-state index in [1.807, 2.05) is 14.0 Å². The summed E-state index contributed by atoms with van der Waals surface area (Å²) in [4.78, 5) is -0.0666. The molecule has 0 saturated heterocycles. The van der Waals surface area contributed by atoms with Crippen molar-refractivity contribution >= 4 is 10.1 Å². The summed E-state index contributed by atoms with van der Waals surface area (Å²) in [6.07, 6.45) is 0. The highest BCUT2D eigenvalue weighted by Crippen LogP contribution is 2.08. The van der Waals surface area contributed by atoms with Crippen molar-refractivity contribution in [3.8, 4) is 0 Å². The minimum atomic E-state index is -4.02. The van der Waals surface area contributed by atoms with Gasteiger partial charge in [-0.1, -0.05) is 17.7 Å². The molecule has 5 nitrogen and oxygen atoms in total. The van der Waals surface area contributed by atoms with Gasteiger partial charge in [-0.2, -0.15) is 8.42 Å². The van der Waals surface area contributed by atoms with Gasteiger partial charge in [0.2, 0.25) is 0 Å². The molecule has 6 heteroatoms. The van der Waals surface area contributed by atoms with Gasteiger partial charge >= 0.3 is 0 Å². The Balaban J connectivity index is 0.000000360. The van der Waals surface area contributed by atoms with Crippen LogP contribution in [0.3, 0.4) is 0 Å². The van der Waals surface area contributed by atoms with E-state index in [0.717, 1.165) is 5.56 Å². The summed E-state index contributed by atoms with van der Waals surface area (Å²) in [5.74, 6) is 0. The first-order chi connectivity index (χ1) is 8.06. The van der Waals surface area contributed by atoms with Gasteiger partial charge in [-0.05, 0) is 40.0 Å². The normalized spacial score (nSPS) is 11.7. The lowest BCUT2D eigenvalue weighted by atomic mass is 10.1. The highest BCUT2D eigenvalue weighted by atomic mass is 32.2. The minimum Gasteiger partial charge on any atom is -0.389 e. The molecule has 0 aliphatic carbocycles. The van der Waals surface area contributed by atoms with Gasteiger partial charge in [-0.25, -0.2) is 0 Å². The van der Waals surface area contributed by atoms with Gasteiger partial charge in [0.25, 0.3) is 10.1 Å². The maximum absolute atomic E-state index is 10.5. The van der Waals surface area contributed by atoms with Crippen LogP contribution < -0.4 is 5.32 Å². The Morgan fingerprint density at radius 1 is 1.22 bits per heavy atom. The van der Waals surface area contributed by atoms with Crippen LogP contribution in [-0.4, -0.2) is 37.3 Å². The van der Waals surface area contributed by atoms with Crippen molar-refractivity contribution in [3.05, 3.63) is 29.8 Å². The number of hydrogen-bond acceptors (Lipinski definition) is 4. The second-order valence-electron chi connectivity index (χ2n) is 4.63. The van der Waals surface area contributed by atoms with Crippen LogP contribution in [0.15, 0.2) is 29.2 Å². The van der Waals surface area contributed by atoms with Crippen LogP contribution in [0.2, 0.25) is 0 Å². The Kier molecular flexibility index (Phi) is 6.48. The van der Waals surface area contributed by atoms with Crippen LogP contribution in [0.25, 0.3) is 0 Å². The third-order valence-electron chi connectivity index (χ3n) is 1.93. The first-order valence-electron chi connectivity index (χ1n) is 5.47. The molecule has 0 aliphatic rings. The molecular weight excluding hydrogens is 254 g/mol. The van der Waals surface area contributed by atoms with Gasteiger partial charge in [-0.3, -0.25) is 4.55 Å². The molecule has 18 heavy (non-hydrogen) atoms. The zero-order valence-electron chi connectivity index (χ0n) is 11.1. The second kappa shape index (κ2) is 6.84. The van der Waals surface area contributed by atoms with E-state index in [-0.39, 0.29) is 4.90 Å². The molecule has 1 aromatic carbocycles. The number of likely N-dealkylation sites (N-methyl/N-ethyl adjacent to an activating group) is 1. The summed E-state index contributed by atoms with van der Waals surface area (Å²) in [6, 6.07) is 5.99. The maximum atomic E-state index is 10.5. The van der Waals surface area contributed by atoms with Crippen LogP contribution in [0.1, 0.15) is 19.4 Å². The average molecular weight is 275 g/mol. The van der Waals surface area contributed by atoms with Crippen molar-refractivity contribution in [2.75, 3.05) is 13.6 Å². The van der Waals surface area contributed by atoms with E-state index in [2.05, 4.69) is 5.32 Å². The Morgan fingerprint density at radius 2 is 1.67 bits per heavy atom. The molecule has 0 saturated carbocycles. The second-order valence-corrected chi connectivity index (χ2v) is 6.05. The molecule has 0 amide bonds. The Morgan fingerprint density at radius 3 is 1.89 bits per heavy atom. The summed E-state index contributed by atoms with van der Waals surface area (Å²) in [6.45, 7) is 6.02. The van der Waals surface area contributed by atoms with Crippen molar-refractivity contribution in [2.45, 2.75) is 31.3 Å². The Hall–Kier alpha value is -0.950. The van der Waals surface area contributed by atoms with E-state index >= 15 is 0 Å². The van der Waals surface area contributed by atoms with E-state index in [4.69, 9.17) is 9.66 Å². The molecule has 0 heterocycles. The molecule has 0 fully saturated rings. The molecule has 1 aromatic rings. The van der Waals surface area contributed by atoms with Gasteiger partial charge in [0, 0.05) is 6.54 Å². The average Bonchev–Trinajstić information content (AvgIpc) is 2.15. The van der Waals surface area contributed by atoms with Gasteiger partial charge in [0.15, 0.2) is 0 Å². The molecular formula is C12H21NO4S. The van der Waals surface area contributed by atoms with Crippen molar-refractivity contribution in [1.29, 1.82) is 0 Å². The highest BCUT2D eigenvalue weighted by Gasteiger charge is 2.08. The lowest BCUT2D eigenvalue weighted by Gasteiger charge is -2.14. The van der Waals surface area contributed by atoms with E-state index in [9.17, 15) is 8.42 Å². The number of aliphatic hydroxyl groups is 1. The van der Waals surface area contributed by atoms with Crippen molar-refractivity contribution in [3.63, 3.8) is 0 Å². The molecule has 0 unspecified atom stereocenters. The molecule has 3 N–H and O–H groups in total. The summed E-state index contributed by atoms with van der Waals surface area (Å²) < 4.78 is 29.6. The number of aryl methyl sites for hydroxylation is 1.